The fourth-order valence-electron chi connectivity index (χ4n) is 1.27. The van der Waals surface area contributed by atoms with Crippen LogP contribution in [0, 0.1) is 6.92 Å². The van der Waals surface area contributed by atoms with Crippen LogP contribution < -0.4 is 10.0 Å². The van der Waals surface area contributed by atoms with Gasteiger partial charge in [-0.3, -0.25) is 0 Å². The highest BCUT2D eigenvalue weighted by atomic mass is 32.2. The first-order valence-electron chi connectivity index (χ1n) is 5.41. The van der Waals surface area contributed by atoms with E-state index in [2.05, 4.69) is 10.1 Å². The summed E-state index contributed by atoms with van der Waals surface area (Å²) in [5.74, 6) is -0.392. The third-order valence-electron chi connectivity index (χ3n) is 2.11. The molecule has 0 aliphatic carbocycles. The maximum atomic E-state index is 11.5. The molecular formula is C11H16N2O4S. The number of carbonyl (C=O) groups excluding carboxylic acids is 1. The maximum Gasteiger partial charge on any atom is 0.420 e. The molecule has 1 amide bonds. The number of aryl methyl sites for hydroxylation is 1. The summed E-state index contributed by atoms with van der Waals surface area (Å²) in [5.41, 5.74) is 1.62. The summed E-state index contributed by atoms with van der Waals surface area (Å²) in [7, 11) is -3.75. The van der Waals surface area contributed by atoms with E-state index in [0.29, 0.717) is 5.69 Å². The van der Waals surface area contributed by atoms with Crippen LogP contribution in [0.25, 0.3) is 0 Å². The van der Waals surface area contributed by atoms with Crippen LogP contribution in [0.3, 0.4) is 0 Å². The minimum absolute atomic E-state index is 0.118. The number of sulfonamides is 1. The summed E-state index contributed by atoms with van der Waals surface area (Å²) < 4.78 is 29.3. The van der Waals surface area contributed by atoms with Gasteiger partial charge in [-0.1, -0.05) is 18.2 Å². The van der Waals surface area contributed by atoms with Gasteiger partial charge in [-0.15, -0.1) is 0 Å². The van der Waals surface area contributed by atoms with Crippen molar-refractivity contribution in [2.45, 2.75) is 13.8 Å². The molecule has 0 unspecified atom stereocenters. The second-order valence-corrected chi connectivity index (χ2v) is 5.30. The van der Waals surface area contributed by atoms with Crippen molar-refractivity contribution in [1.82, 2.24) is 4.72 Å². The van der Waals surface area contributed by atoms with E-state index in [0.717, 1.165) is 5.56 Å². The van der Waals surface area contributed by atoms with E-state index in [1.807, 2.05) is 19.1 Å². The van der Waals surface area contributed by atoms with Crippen LogP contribution in [-0.4, -0.2) is 27.0 Å². The molecule has 0 fully saturated rings. The minimum atomic E-state index is -3.75. The lowest BCUT2D eigenvalue weighted by molar-refractivity contribution is 0.158. The van der Waals surface area contributed by atoms with Crippen molar-refractivity contribution in [2.75, 3.05) is 17.8 Å². The third kappa shape index (κ3) is 4.62. The maximum absolute atomic E-state index is 11.5. The van der Waals surface area contributed by atoms with Gasteiger partial charge in [0.05, 0.1) is 6.61 Å². The van der Waals surface area contributed by atoms with Gasteiger partial charge < -0.3 is 10.1 Å². The summed E-state index contributed by atoms with van der Waals surface area (Å²) in [4.78, 5) is 11.0. The molecule has 6 nitrogen and oxygen atoms in total. The van der Waals surface area contributed by atoms with Crippen LogP contribution in [0.4, 0.5) is 10.5 Å². The number of nitrogens with one attached hydrogen (secondary N) is 2. The Balaban J connectivity index is 2.57. The first kappa shape index (κ1) is 14.3. The summed E-state index contributed by atoms with van der Waals surface area (Å²) in [6.45, 7) is 3.57. The molecule has 2 N–H and O–H groups in total. The van der Waals surface area contributed by atoms with Crippen LogP contribution in [0.15, 0.2) is 24.3 Å². The third-order valence-corrected chi connectivity index (χ3v) is 3.11. The van der Waals surface area contributed by atoms with Crippen LogP contribution in [0.1, 0.15) is 12.5 Å². The van der Waals surface area contributed by atoms with Gasteiger partial charge in [0.2, 0.25) is 0 Å². The highest BCUT2D eigenvalue weighted by molar-refractivity contribution is 7.90. The van der Waals surface area contributed by atoms with E-state index >= 15 is 0 Å². The van der Waals surface area contributed by atoms with Gasteiger partial charge in [-0.05, 0) is 25.5 Å². The van der Waals surface area contributed by atoms with E-state index < -0.39 is 22.0 Å². The van der Waals surface area contributed by atoms with Crippen LogP contribution in [-0.2, 0) is 14.8 Å². The second kappa shape index (κ2) is 6.25. The van der Waals surface area contributed by atoms with E-state index in [9.17, 15) is 13.2 Å². The molecule has 1 aromatic rings. The van der Waals surface area contributed by atoms with E-state index in [4.69, 9.17) is 0 Å². The van der Waals surface area contributed by atoms with Gasteiger partial charge in [0.25, 0.3) is 10.0 Å². The van der Waals surface area contributed by atoms with Gasteiger partial charge in [0.15, 0.2) is 0 Å². The lowest BCUT2D eigenvalue weighted by atomic mass is 10.2. The van der Waals surface area contributed by atoms with E-state index in [-0.39, 0.29) is 6.61 Å². The van der Waals surface area contributed by atoms with Gasteiger partial charge in [-0.25, -0.2) is 17.9 Å². The second-order valence-electron chi connectivity index (χ2n) is 3.57. The van der Waals surface area contributed by atoms with Crippen molar-refractivity contribution in [3.05, 3.63) is 29.8 Å². The highest BCUT2D eigenvalue weighted by Gasteiger charge is 2.15. The molecule has 0 aliphatic heterocycles. The summed E-state index contributed by atoms with van der Waals surface area (Å²) in [6, 6.07) is 7.26. The molecular weight excluding hydrogens is 256 g/mol. The average Bonchev–Trinajstić information content (AvgIpc) is 2.27. The summed E-state index contributed by atoms with van der Waals surface area (Å²) in [6.07, 6.45) is -0.968. The van der Waals surface area contributed by atoms with Crippen LogP contribution in [0.5, 0.6) is 0 Å². The molecule has 18 heavy (non-hydrogen) atoms. The fraction of sp³-hybridized carbons (Fsp3) is 0.364. The first-order chi connectivity index (χ1) is 8.44. The zero-order valence-electron chi connectivity index (χ0n) is 10.3. The summed E-state index contributed by atoms with van der Waals surface area (Å²) in [5, 5.41) is 2.74. The first-order valence-corrected chi connectivity index (χ1v) is 7.06. The number of ether oxygens (including phenoxy) is 1. The molecule has 0 aromatic heterocycles. The normalized spacial score (nSPS) is 10.8. The number of rotatable bonds is 5. The average molecular weight is 272 g/mol. The van der Waals surface area contributed by atoms with Gasteiger partial charge >= 0.3 is 6.09 Å². The van der Waals surface area contributed by atoms with Crippen molar-refractivity contribution < 1.29 is 17.9 Å². The lowest BCUT2D eigenvalue weighted by Crippen LogP contribution is -2.35. The molecule has 0 aliphatic rings. The Kier molecular flexibility index (Phi) is 4.96. The molecule has 0 spiro atoms. The van der Waals surface area contributed by atoms with Gasteiger partial charge in [0, 0.05) is 5.69 Å². The Hall–Kier alpha value is -1.76. The molecule has 1 aromatic carbocycles. The van der Waals surface area contributed by atoms with Gasteiger partial charge in [0.1, 0.15) is 5.88 Å². The zero-order valence-corrected chi connectivity index (χ0v) is 11.1. The van der Waals surface area contributed by atoms with E-state index in [1.165, 1.54) is 0 Å². The molecule has 0 saturated carbocycles. The Morgan fingerprint density at radius 3 is 2.61 bits per heavy atom. The number of carbonyl (C=O) groups is 1. The number of benzene rings is 1. The Labute approximate surface area is 106 Å². The monoisotopic (exact) mass is 272 g/mol. The fourth-order valence-corrected chi connectivity index (χ4v) is 2.00. The standard InChI is InChI=1S/C11H16N2O4S/c1-3-17-11(14)13-18(15,16)8-12-10-7-5-4-6-9(10)2/h4-7,12H,3,8H2,1-2H3,(H,13,14). The van der Waals surface area contributed by atoms with Crippen LogP contribution in [0.2, 0.25) is 0 Å². The zero-order chi connectivity index (χ0) is 13.6. The Bertz CT molecular complexity index is 514. The predicted molar refractivity (Wildman–Crippen MR) is 68.7 cm³/mol. The number of hydrogen-bond acceptors (Lipinski definition) is 5. The molecule has 0 radical (unpaired) electrons. The largest absolute Gasteiger partial charge is 0.449 e. The molecule has 100 valence electrons. The predicted octanol–water partition coefficient (Wildman–Crippen LogP) is 1.44. The van der Waals surface area contributed by atoms with Crippen molar-refractivity contribution in [2.24, 2.45) is 0 Å². The van der Waals surface area contributed by atoms with Crippen LogP contribution >= 0.6 is 0 Å². The Morgan fingerprint density at radius 2 is 2.00 bits per heavy atom. The topological polar surface area (TPSA) is 84.5 Å². The van der Waals surface area contributed by atoms with Crippen molar-refractivity contribution in [1.29, 1.82) is 0 Å². The number of anilines is 1. The van der Waals surface area contributed by atoms with Gasteiger partial charge in [-0.2, -0.15) is 0 Å². The number of para-hydroxylation sites is 1. The molecule has 0 heterocycles. The molecule has 0 saturated heterocycles. The quantitative estimate of drug-likeness (QED) is 0.847. The number of hydrogen-bond donors (Lipinski definition) is 2. The lowest BCUT2D eigenvalue weighted by Gasteiger charge is -2.10. The van der Waals surface area contributed by atoms with Crippen molar-refractivity contribution in [3.8, 4) is 0 Å². The molecule has 1 rings (SSSR count). The molecule has 7 heteroatoms. The molecule has 0 bridgehead atoms. The summed E-state index contributed by atoms with van der Waals surface area (Å²) >= 11 is 0. The molecule has 0 atom stereocenters. The smallest absolute Gasteiger partial charge is 0.420 e. The Morgan fingerprint density at radius 1 is 1.33 bits per heavy atom. The van der Waals surface area contributed by atoms with Crippen molar-refractivity contribution in [3.63, 3.8) is 0 Å². The van der Waals surface area contributed by atoms with E-state index in [1.54, 1.807) is 23.8 Å². The minimum Gasteiger partial charge on any atom is -0.449 e. The SMILES string of the molecule is CCOC(=O)NS(=O)(=O)CNc1ccccc1C. The number of amides is 1. The van der Waals surface area contributed by atoms with Crippen molar-refractivity contribution >= 4 is 21.8 Å². The highest BCUT2D eigenvalue weighted by Crippen LogP contribution is 2.12.